The van der Waals surface area contributed by atoms with Crippen molar-refractivity contribution in [1.29, 1.82) is 5.26 Å². The van der Waals surface area contributed by atoms with Gasteiger partial charge in [0, 0.05) is 44.1 Å². The number of primary amides is 1. The molecular weight excluding hydrogens is 516 g/mol. The number of fused-ring (bicyclic) bond motifs is 3. The molecule has 0 unspecified atom stereocenters. The summed E-state index contributed by atoms with van der Waals surface area (Å²) in [4.78, 5) is 29.4. The van der Waals surface area contributed by atoms with E-state index in [1.54, 1.807) is 0 Å². The van der Waals surface area contributed by atoms with E-state index >= 15 is 0 Å². The standard InChI is InChI=1S/C31H40N8O2/c1-18(2)10-13-41-24-15-22(39(5)12-11-38(3)4)8-9-23(24)30-36-28-27(21(16-32)17-34-31(28)37-30)35-26-20-7-6-19(14-20)25(26)29(33)40/h6-9,15,17-20,25-26H,10-14H2,1-5H3,(H2,33,40)(H2,34,35,36,37)/t19-,20+,25+,26-/m1/s1. The number of rotatable bonds is 12. The molecule has 2 aliphatic carbocycles. The summed E-state index contributed by atoms with van der Waals surface area (Å²) in [6, 6.07) is 8.20. The van der Waals surface area contributed by atoms with Crippen molar-refractivity contribution in [3.63, 3.8) is 0 Å². The number of nitrogens with one attached hydrogen (secondary N) is 2. The maximum atomic E-state index is 12.3. The van der Waals surface area contributed by atoms with Crippen molar-refractivity contribution in [1.82, 2.24) is 19.9 Å². The van der Waals surface area contributed by atoms with E-state index in [1.165, 1.54) is 6.20 Å². The number of allylic oxidation sites excluding steroid dienone is 1. The molecule has 0 radical (unpaired) electrons. The van der Waals surface area contributed by atoms with Gasteiger partial charge in [-0.25, -0.2) is 9.97 Å². The van der Waals surface area contributed by atoms with Crippen LogP contribution in [0.15, 0.2) is 36.5 Å². The minimum atomic E-state index is -0.333. The summed E-state index contributed by atoms with van der Waals surface area (Å²) in [5.41, 5.74) is 9.76. The van der Waals surface area contributed by atoms with Crippen molar-refractivity contribution in [2.24, 2.45) is 29.4 Å². The number of anilines is 2. The maximum Gasteiger partial charge on any atom is 0.223 e. The van der Waals surface area contributed by atoms with Crippen molar-refractivity contribution in [3.05, 3.63) is 42.1 Å². The fourth-order valence-corrected chi connectivity index (χ4v) is 5.84. The average Bonchev–Trinajstić information content (AvgIpc) is 3.66. The number of aromatic nitrogens is 3. The van der Waals surface area contributed by atoms with E-state index in [1.807, 2.05) is 6.07 Å². The zero-order valence-corrected chi connectivity index (χ0v) is 24.5. The van der Waals surface area contributed by atoms with Crippen LogP contribution < -0.4 is 20.7 Å². The van der Waals surface area contributed by atoms with Crippen LogP contribution in [0.25, 0.3) is 22.6 Å². The van der Waals surface area contributed by atoms with Gasteiger partial charge in [0.15, 0.2) is 5.65 Å². The molecule has 3 aromatic rings. The number of aromatic amines is 1. The third-order valence-electron chi connectivity index (χ3n) is 8.24. The van der Waals surface area contributed by atoms with Crippen LogP contribution in [0.4, 0.5) is 11.4 Å². The normalized spacial score (nSPS) is 21.1. The molecule has 2 aromatic heterocycles. The first kappa shape index (κ1) is 28.4. The molecule has 0 spiro atoms. The summed E-state index contributed by atoms with van der Waals surface area (Å²) in [7, 11) is 6.21. The molecule has 1 saturated carbocycles. The number of H-pyrrole nitrogens is 1. The summed E-state index contributed by atoms with van der Waals surface area (Å²) in [5, 5.41) is 13.4. The predicted molar refractivity (Wildman–Crippen MR) is 162 cm³/mol. The number of likely N-dealkylation sites (N-methyl/N-ethyl adjacent to an activating group) is 2. The highest BCUT2D eigenvalue weighted by molar-refractivity contribution is 5.92. The van der Waals surface area contributed by atoms with Crippen LogP contribution in [-0.2, 0) is 4.79 Å². The van der Waals surface area contributed by atoms with Gasteiger partial charge in [0.1, 0.15) is 23.2 Å². The first-order valence-corrected chi connectivity index (χ1v) is 14.3. The quantitative estimate of drug-likeness (QED) is 0.285. The Kier molecular flexibility index (Phi) is 8.18. The van der Waals surface area contributed by atoms with Gasteiger partial charge in [-0.2, -0.15) is 5.26 Å². The number of amides is 1. The van der Waals surface area contributed by atoms with Crippen molar-refractivity contribution < 1.29 is 9.53 Å². The average molecular weight is 557 g/mol. The fourth-order valence-electron chi connectivity index (χ4n) is 5.84. The molecule has 5 rings (SSSR count). The summed E-state index contributed by atoms with van der Waals surface area (Å²) in [5.74, 6) is 1.49. The van der Waals surface area contributed by atoms with Gasteiger partial charge in [-0.3, -0.25) is 4.79 Å². The van der Waals surface area contributed by atoms with E-state index < -0.39 is 0 Å². The highest BCUT2D eigenvalue weighted by atomic mass is 16.5. The summed E-state index contributed by atoms with van der Waals surface area (Å²) in [6.45, 7) is 6.75. The van der Waals surface area contributed by atoms with E-state index in [9.17, 15) is 10.1 Å². The van der Waals surface area contributed by atoms with Crippen LogP contribution in [0, 0.1) is 35.0 Å². The lowest BCUT2D eigenvalue weighted by molar-refractivity contribution is -0.122. The van der Waals surface area contributed by atoms with Gasteiger partial charge >= 0.3 is 0 Å². The molecule has 41 heavy (non-hydrogen) atoms. The first-order chi connectivity index (χ1) is 19.7. The molecule has 2 bridgehead atoms. The summed E-state index contributed by atoms with van der Waals surface area (Å²) in [6.07, 6.45) is 7.56. The number of imidazole rings is 1. The Labute approximate surface area is 241 Å². The number of nitrogens with zero attached hydrogens (tertiary/aromatic N) is 5. The Bertz CT molecular complexity index is 1490. The van der Waals surface area contributed by atoms with Crippen LogP contribution in [0.5, 0.6) is 5.75 Å². The minimum Gasteiger partial charge on any atom is -0.493 e. The second-order valence-electron chi connectivity index (χ2n) is 11.9. The van der Waals surface area contributed by atoms with E-state index in [4.69, 9.17) is 15.5 Å². The number of hydrogen-bond acceptors (Lipinski definition) is 8. The first-order valence-electron chi connectivity index (χ1n) is 14.3. The van der Waals surface area contributed by atoms with Gasteiger partial charge < -0.3 is 30.6 Å². The lowest BCUT2D eigenvalue weighted by Crippen LogP contribution is -2.41. The number of carbonyl (C=O) groups excluding carboxylic acids is 1. The van der Waals surface area contributed by atoms with Crippen molar-refractivity contribution in [2.45, 2.75) is 32.7 Å². The van der Waals surface area contributed by atoms with E-state index in [2.05, 4.69) is 90.4 Å². The molecule has 1 amide bonds. The number of carbonyl (C=O) groups is 1. The zero-order valence-electron chi connectivity index (χ0n) is 24.5. The zero-order chi connectivity index (χ0) is 29.3. The van der Waals surface area contributed by atoms with Crippen LogP contribution >= 0.6 is 0 Å². The van der Waals surface area contributed by atoms with Gasteiger partial charge in [0.2, 0.25) is 5.91 Å². The second kappa shape index (κ2) is 11.8. The Hall–Kier alpha value is -4.10. The fraction of sp³-hybridized carbons (Fsp3) is 0.484. The molecule has 1 fully saturated rings. The number of hydrogen-bond donors (Lipinski definition) is 3. The van der Waals surface area contributed by atoms with E-state index in [0.717, 1.165) is 42.9 Å². The highest BCUT2D eigenvalue weighted by Gasteiger charge is 2.47. The Morgan fingerprint density at radius 3 is 2.73 bits per heavy atom. The molecule has 2 aliphatic rings. The van der Waals surface area contributed by atoms with Gasteiger partial charge in [-0.05, 0) is 56.8 Å². The Balaban J connectivity index is 1.52. The number of nitrogens with two attached hydrogens (primary N) is 1. The topological polar surface area (TPSA) is 136 Å². The lowest BCUT2D eigenvalue weighted by atomic mass is 9.88. The maximum absolute atomic E-state index is 12.3. The highest BCUT2D eigenvalue weighted by Crippen LogP contribution is 2.46. The molecule has 10 nitrogen and oxygen atoms in total. The van der Waals surface area contributed by atoms with Crippen LogP contribution in [0.3, 0.4) is 0 Å². The predicted octanol–water partition coefficient (Wildman–Crippen LogP) is 4.01. The van der Waals surface area contributed by atoms with Gasteiger partial charge in [-0.1, -0.05) is 26.0 Å². The van der Waals surface area contributed by atoms with Crippen LogP contribution in [-0.4, -0.2) is 72.6 Å². The molecule has 4 N–H and O–H groups in total. The monoisotopic (exact) mass is 556 g/mol. The number of nitriles is 1. The SMILES string of the molecule is CC(C)CCOc1cc(N(C)CCN(C)C)ccc1-c1nc2ncc(C#N)c(N[C@H]3[C@@H](C(N)=O)[C@@H]4C=C[C@H]3C4)c2[nH]1. The van der Waals surface area contributed by atoms with E-state index in [-0.39, 0.29) is 29.7 Å². The molecule has 10 heteroatoms. The largest absolute Gasteiger partial charge is 0.493 e. The number of pyridine rings is 1. The van der Waals surface area contributed by atoms with Gasteiger partial charge in [0.25, 0.3) is 0 Å². The van der Waals surface area contributed by atoms with E-state index in [0.29, 0.717) is 40.8 Å². The molecule has 2 heterocycles. The Morgan fingerprint density at radius 2 is 2.02 bits per heavy atom. The van der Waals surface area contributed by atoms with Crippen molar-refractivity contribution in [2.75, 3.05) is 51.1 Å². The second-order valence-corrected chi connectivity index (χ2v) is 11.9. The molecule has 216 valence electrons. The Morgan fingerprint density at radius 1 is 1.24 bits per heavy atom. The van der Waals surface area contributed by atoms with Crippen LogP contribution in [0.1, 0.15) is 32.3 Å². The van der Waals surface area contributed by atoms with Gasteiger partial charge in [-0.15, -0.1) is 0 Å². The summed E-state index contributed by atoms with van der Waals surface area (Å²) >= 11 is 0. The smallest absolute Gasteiger partial charge is 0.223 e. The molecular formula is C31H40N8O2. The molecule has 0 saturated heterocycles. The van der Waals surface area contributed by atoms with Gasteiger partial charge in [0.05, 0.1) is 29.3 Å². The minimum absolute atomic E-state index is 0.120. The third kappa shape index (κ3) is 5.86. The molecule has 1 aromatic carbocycles. The third-order valence-corrected chi connectivity index (χ3v) is 8.24. The molecule has 0 aliphatic heterocycles. The number of benzene rings is 1. The summed E-state index contributed by atoms with van der Waals surface area (Å²) < 4.78 is 6.33. The van der Waals surface area contributed by atoms with Crippen molar-refractivity contribution in [3.8, 4) is 23.2 Å². The number of ether oxygens (including phenoxy) is 1. The van der Waals surface area contributed by atoms with Crippen molar-refractivity contribution >= 4 is 28.4 Å². The molecule has 4 atom stereocenters. The van der Waals surface area contributed by atoms with Crippen LogP contribution in [0.2, 0.25) is 0 Å². The lowest BCUT2D eigenvalue weighted by Gasteiger charge is -2.28.